The standard InChI is InChI=1S/C22H27NO10S3/c1-28-16-11-14(8-15(23(24)25)20(16)32-6-7-33-36(5,26)27)22-34-12-19(35-22)13-9-17(29-2)21(31-4)18(10-13)30-3/h8-11,19,22H,6-7,12H2,1-5H3/t19-,22+/m0/s1. The highest BCUT2D eigenvalue weighted by molar-refractivity contribution is 8.19. The molecule has 0 saturated carbocycles. The molecule has 1 fully saturated rings. The van der Waals surface area contributed by atoms with Crippen LogP contribution in [-0.4, -0.2) is 67.0 Å². The van der Waals surface area contributed by atoms with Gasteiger partial charge in [0.15, 0.2) is 17.2 Å². The van der Waals surface area contributed by atoms with Crippen molar-refractivity contribution in [3.8, 4) is 28.7 Å². The normalized spacial score (nSPS) is 17.5. The van der Waals surface area contributed by atoms with Gasteiger partial charge in [0, 0.05) is 17.1 Å². The zero-order valence-corrected chi connectivity index (χ0v) is 22.8. The van der Waals surface area contributed by atoms with Crippen molar-refractivity contribution in [2.75, 3.05) is 53.7 Å². The lowest BCUT2D eigenvalue weighted by Gasteiger charge is -2.17. The van der Waals surface area contributed by atoms with Crippen LogP contribution in [0.15, 0.2) is 24.3 Å². The summed E-state index contributed by atoms with van der Waals surface area (Å²) in [6.07, 6.45) is 0.910. The highest BCUT2D eigenvalue weighted by atomic mass is 32.2. The third-order valence-corrected chi connectivity index (χ3v) is 9.05. The van der Waals surface area contributed by atoms with Gasteiger partial charge in [0.25, 0.3) is 10.1 Å². The second-order valence-electron chi connectivity index (χ2n) is 7.45. The van der Waals surface area contributed by atoms with Crippen molar-refractivity contribution in [1.82, 2.24) is 0 Å². The first-order chi connectivity index (χ1) is 17.1. The zero-order chi connectivity index (χ0) is 26.5. The van der Waals surface area contributed by atoms with Crippen molar-refractivity contribution in [3.63, 3.8) is 0 Å². The van der Waals surface area contributed by atoms with E-state index in [4.69, 9.17) is 23.7 Å². The average Bonchev–Trinajstić information content (AvgIpc) is 3.35. The van der Waals surface area contributed by atoms with Crippen LogP contribution in [0, 0.1) is 10.1 Å². The maximum absolute atomic E-state index is 11.8. The Bertz CT molecular complexity index is 1180. The molecule has 0 aliphatic carbocycles. The van der Waals surface area contributed by atoms with Crippen LogP contribution >= 0.6 is 23.5 Å². The average molecular weight is 562 g/mol. The van der Waals surface area contributed by atoms with Crippen molar-refractivity contribution in [1.29, 1.82) is 0 Å². The minimum Gasteiger partial charge on any atom is -0.493 e. The second-order valence-corrected chi connectivity index (χ2v) is 11.8. The number of methoxy groups -OCH3 is 4. The number of ether oxygens (including phenoxy) is 5. The van der Waals surface area contributed by atoms with Gasteiger partial charge in [-0.05, 0) is 29.3 Å². The summed E-state index contributed by atoms with van der Waals surface area (Å²) in [5.74, 6) is 2.46. The third kappa shape index (κ3) is 6.60. The van der Waals surface area contributed by atoms with E-state index in [1.807, 2.05) is 12.1 Å². The van der Waals surface area contributed by atoms with Crippen LogP contribution in [0.5, 0.6) is 28.7 Å². The van der Waals surface area contributed by atoms with Crippen LogP contribution in [-0.2, 0) is 14.3 Å². The summed E-state index contributed by atoms with van der Waals surface area (Å²) in [5.41, 5.74) is 1.40. The molecule has 2 aromatic carbocycles. The van der Waals surface area contributed by atoms with E-state index >= 15 is 0 Å². The van der Waals surface area contributed by atoms with Gasteiger partial charge in [-0.3, -0.25) is 14.3 Å². The smallest absolute Gasteiger partial charge is 0.315 e. The Morgan fingerprint density at radius 2 is 1.50 bits per heavy atom. The van der Waals surface area contributed by atoms with Crippen molar-refractivity contribution in [2.24, 2.45) is 0 Å². The molecule has 0 aromatic heterocycles. The van der Waals surface area contributed by atoms with Crippen LogP contribution in [0.25, 0.3) is 0 Å². The van der Waals surface area contributed by atoms with Crippen LogP contribution in [0.2, 0.25) is 0 Å². The molecule has 0 unspecified atom stereocenters. The van der Waals surface area contributed by atoms with E-state index in [1.54, 1.807) is 50.9 Å². The molecule has 198 valence electrons. The Morgan fingerprint density at radius 1 is 0.917 bits per heavy atom. The van der Waals surface area contributed by atoms with E-state index in [2.05, 4.69) is 4.18 Å². The summed E-state index contributed by atoms with van der Waals surface area (Å²) in [7, 11) is 2.39. The number of rotatable bonds is 12. The molecule has 2 atom stereocenters. The minimum absolute atomic E-state index is 0.0721. The van der Waals surface area contributed by atoms with E-state index in [0.717, 1.165) is 17.6 Å². The zero-order valence-electron chi connectivity index (χ0n) is 20.3. The molecule has 1 aliphatic rings. The highest BCUT2D eigenvalue weighted by Gasteiger charge is 2.33. The van der Waals surface area contributed by atoms with Crippen molar-refractivity contribution < 1.29 is 41.2 Å². The molecule has 36 heavy (non-hydrogen) atoms. The quantitative estimate of drug-likeness (QED) is 0.159. The lowest BCUT2D eigenvalue weighted by atomic mass is 10.1. The molecule has 0 radical (unpaired) electrons. The molecule has 1 saturated heterocycles. The fourth-order valence-corrected chi connectivity index (χ4v) is 7.17. The lowest BCUT2D eigenvalue weighted by molar-refractivity contribution is -0.386. The molecular formula is C22H27NO10S3. The molecule has 1 aliphatic heterocycles. The fraction of sp³-hybridized carbons (Fsp3) is 0.455. The van der Waals surface area contributed by atoms with Gasteiger partial charge in [0.2, 0.25) is 11.5 Å². The molecule has 0 N–H and O–H groups in total. The first-order valence-corrected chi connectivity index (χ1v) is 14.3. The Labute approximate surface area is 218 Å². The Morgan fingerprint density at radius 3 is 2.03 bits per heavy atom. The predicted octanol–water partition coefficient (Wildman–Crippen LogP) is 4.20. The summed E-state index contributed by atoms with van der Waals surface area (Å²) in [6, 6.07) is 6.96. The largest absolute Gasteiger partial charge is 0.493 e. The van der Waals surface area contributed by atoms with Gasteiger partial charge in [0.1, 0.15) is 13.2 Å². The summed E-state index contributed by atoms with van der Waals surface area (Å²) in [6.45, 7) is -0.495. The van der Waals surface area contributed by atoms with E-state index in [0.29, 0.717) is 22.8 Å². The molecule has 0 amide bonds. The fourth-order valence-electron chi connectivity index (χ4n) is 3.55. The molecule has 3 rings (SSSR count). The Kier molecular flexibility index (Phi) is 9.44. The minimum atomic E-state index is -3.65. The van der Waals surface area contributed by atoms with E-state index in [1.165, 1.54) is 13.2 Å². The van der Waals surface area contributed by atoms with Gasteiger partial charge in [-0.1, -0.05) is 0 Å². The summed E-state index contributed by atoms with van der Waals surface area (Å²) >= 11 is 3.29. The van der Waals surface area contributed by atoms with E-state index in [9.17, 15) is 18.5 Å². The van der Waals surface area contributed by atoms with Gasteiger partial charge in [-0.15, -0.1) is 23.5 Å². The van der Waals surface area contributed by atoms with Gasteiger partial charge >= 0.3 is 5.69 Å². The van der Waals surface area contributed by atoms with Gasteiger partial charge in [0.05, 0.1) is 44.2 Å². The van der Waals surface area contributed by atoms with Gasteiger partial charge in [-0.2, -0.15) is 8.42 Å². The first-order valence-electron chi connectivity index (χ1n) is 10.5. The first kappa shape index (κ1) is 28.0. The lowest BCUT2D eigenvalue weighted by Crippen LogP contribution is -2.12. The predicted molar refractivity (Wildman–Crippen MR) is 138 cm³/mol. The van der Waals surface area contributed by atoms with Crippen LogP contribution in [0.4, 0.5) is 5.69 Å². The monoisotopic (exact) mass is 561 g/mol. The molecule has 1 heterocycles. The highest BCUT2D eigenvalue weighted by Crippen LogP contribution is 2.58. The van der Waals surface area contributed by atoms with Gasteiger partial charge in [-0.25, -0.2) is 0 Å². The van der Waals surface area contributed by atoms with E-state index < -0.39 is 15.0 Å². The summed E-state index contributed by atoms with van der Waals surface area (Å²) in [5, 5.41) is 11.9. The third-order valence-electron chi connectivity index (χ3n) is 5.12. The van der Waals surface area contributed by atoms with Crippen LogP contribution < -0.4 is 23.7 Å². The molecule has 0 bridgehead atoms. The number of benzene rings is 2. The molecule has 11 nitrogen and oxygen atoms in total. The number of nitrogens with zero attached hydrogens (tertiary/aromatic N) is 1. The van der Waals surface area contributed by atoms with Crippen molar-refractivity contribution in [2.45, 2.75) is 9.83 Å². The van der Waals surface area contributed by atoms with Crippen LogP contribution in [0.3, 0.4) is 0 Å². The van der Waals surface area contributed by atoms with E-state index in [-0.39, 0.29) is 40.2 Å². The topological polar surface area (TPSA) is 133 Å². The number of nitro benzene ring substituents is 1. The SMILES string of the molecule is COc1cc([C@@H]2CS[C@@H](c3cc(OC)c(OCCOS(C)(=O)=O)c([N+](=O)[O-])c3)S2)cc(OC)c1OC. The molecular weight excluding hydrogens is 534 g/mol. The Balaban J connectivity index is 1.85. The number of hydrogen-bond acceptors (Lipinski definition) is 12. The second kappa shape index (κ2) is 12.1. The summed E-state index contributed by atoms with van der Waals surface area (Å²) in [4.78, 5) is 11.3. The van der Waals surface area contributed by atoms with Gasteiger partial charge < -0.3 is 23.7 Å². The summed E-state index contributed by atoms with van der Waals surface area (Å²) < 4.78 is 54.0. The number of hydrogen-bond donors (Lipinski definition) is 0. The molecule has 0 spiro atoms. The molecule has 2 aromatic rings. The number of thioether (sulfide) groups is 2. The maximum Gasteiger partial charge on any atom is 0.315 e. The van der Waals surface area contributed by atoms with Crippen molar-refractivity contribution >= 4 is 39.3 Å². The Hall–Kier alpha value is -2.55. The van der Waals surface area contributed by atoms with Crippen molar-refractivity contribution in [3.05, 3.63) is 45.5 Å². The van der Waals surface area contributed by atoms with Crippen LogP contribution in [0.1, 0.15) is 21.0 Å². The molecule has 14 heteroatoms. The number of nitro groups is 1. The maximum atomic E-state index is 11.8.